The van der Waals surface area contributed by atoms with Crippen LogP contribution in [0.25, 0.3) is 0 Å². The summed E-state index contributed by atoms with van der Waals surface area (Å²) in [6.45, 7) is 5.28. The third-order valence-corrected chi connectivity index (χ3v) is 5.18. The van der Waals surface area contributed by atoms with E-state index in [0.29, 0.717) is 24.3 Å². The van der Waals surface area contributed by atoms with E-state index < -0.39 is 0 Å². The van der Waals surface area contributed by atoms with E-state index in [-0.39, 0.29) is 11.9 Å². The van der Waals surface area contributed by atoms with Crippen molar-refractivity contribution in [2.45, 2.75) is 39.2 Å². The maximum absolute atomic E-state index is 13.1. The van der Waals surface area contributed by atoms with Crippen LogP contribution in [0.15, 0.2) is 78.9 Å². The summed E-state index contributed by atoms with van der Waals surface area (Å²) >= 11 is 0. The van der Waals surface area contributed by atoms with Gasteiger partial charge in [-0.1, -0.05) is 18.2 Å². The highest BCUT2D eigenvalue weighted by atomic mass is 16.5. The first-order valence-corrected chi connectivity index (χ1v) is 11.3. The molecule has 33 heavy (non-hydrogen) atoms. The summed E-state index contributed by atoms with van der Waals surface area (Å²) in [6, 6.07) is 26.4. The molecule has 0 atom stereocenters. The lowest BCUT2D eigenvalue weighted by Crippen LogP contribution is -2.36. The average Bonchev–Trinajstić information content (AvgIpc) is 2.84. The molecule has 0 saturated heterocycles. The molecular weight excluding hydrogens is 412 g/mol. The van der Waals surface area contributed by atoms with Gasteiger partial charge in [0.15, 0.2) is 0 Å². The lowest BCUT2D eigenvalue weighted by molar-refractivity contribution is 0.0980. The zero-order valence-electron chi connectivity index (χ0n) is 19.2. The highest BCUT2D eigenvalue weighted by Gasteiger charge is 2.20. The summed E-state index contributed by atoms with van der Waals surface area (Å²) in [6.07, 6.45) is 2.85. The molecular formula is C28H30N2O3. The van der Waals surface area contributed by atoms with Gasteiger partial charge in [-0.05, 0) is 93.8 Å². The second kappa shape index (κ2) is 12.3. The van der Waals surface area contributed by atoms with Crippen LogP contribution in [0.2, 0.25) is 0 Å². The molecule has 3 rings (SSSR count). The van der Waals surface area contributed by atoms with Crippen LogP contribution in [0.3, 0.4) is 0 Å². The SMILES string of the molecule is CC(C)N(C(=O)c1ccc(OCCCCCOc2ccc(C#N)cc2)cc1)c1ccccc1. The summed E-state index contributed by atoms with van der Waals surface area (Å²) in [5, 5.41) is 8.81. The molecule has 0 spiro atoms. The summed E-state index contributed by atoms with van der Waals surface area (Å²) in [5.41, 5.74) is 2.16. The number of amides is 1. The van der Waals surface area contributed by atoms with Gasteiger partial charge in [0.2, 0.25) is 0 Å². The maximum Gasteiger partial charge on any atom is 0.258 e. The Labute approximate surface area is 196 Å². The smallest absolute Gasteiger partial charge is 0.258 e. The van der Waals surface area contributed by atoms with Gasteiger partial charge < -0.3 is 14.4 Å². The number of carbonyl (C=O) groups is 1. The van der Waals surface area contributed by atoms with Crippen molar-refractivity contribution in [2.75, 3.05) is 18.1 Å². The molecule has 0 aliphatic carbocycles. The van der Waals surface area contributed by atoms with Crippen molar-refractivity contribution < 1.29 is 14.3 Å². The normalized spacial score (nSPS) is 10.5. The molecule has 0 aliphatic heterocycles. The number of para-hydroxylation sites is 1. The lowest BCUT2D eigenvalue weighted by atomic mass is 10.1. The minimum absolute atomic E-state index is 0.0231. The van der Waals surface area contributed by atoms with Crippen molar-refractivity contribution in [3.8, 4) is 17.6 Å². The fraction of sp³-hybridized carbons (Fsp3) is 0.286. The van der Waals surface area contributed by atoms with Crippen LogP contribution in [0.5, 0.6) is 11.5 Å². The Morgan fingerprint density at radius 3 is 1.88 bits per heavy atom. The van der Waals surface area contributed by atoms with Crippen LogP contribution in [-0.2, 0) is 0 Å². The van der Waals surface area contributed by atoms with E-state index >= 15 is 0 Å². The Balaban J connectivity index is 1.39. The van der Waals surface area contributed by atoms with Crippen LogP contribution in [0.4, 0.5) is 5.69 Å². The van der Waals surface area contributed by atoms with Crippen LogP contribution < -0.4 is 14.4 Å². The molecule has 5 nitrogen and oxygen atoms in total. The summed E-state index contributed by atoms with van der Waals surface area (Å²) < 4.78 is 11.5. The molecule has 0 aromatic heterocycles. The maximum atomic E-state index is 13.1. The number of rotatable bonds is 11. The van der Waals surface area contributed by atoms with Crippen molar-refractivity contribution >= 4 is 11.6 Å². The zero-order valence-corrected chi connectivity index (χ0v) is 19.2. The minimum Gasteiger partial charge on any atom is -0.494 e. The molecule has 0 heterocycles. The van der Waals surface area contributed by atoms with Gasteiger partial charge in [0.05, 0.1) is 24.8 Å². The predicted octanol–water partition coefficient (Wildman–Crippen LogP) is 6.24. The molecule has 0 unspecified atom stereocenters. The number of benzene rings is 3. The third kappa shape index (κ3) is 7.11. The van der Waals surface area contributed by atoms with Crippen molar-refractivity contribution in [3.63, 3.8) is 0 Å². The zero-order chi connectivity index (χ0) is 23.5. The predicted molar refractivity (Wildman–Crippen MR) is 131 cm³/mol. The molecule has 0 bridgehead atoms. The average molecular weight is 443 g/mol. The van der Waals surface area contributed by atoms with Crippen molar-refractivity contribution in [2.24, 2.45) is 0 Å². The summed E-state index contributed by atoms with van der Waals surface area (Å²) in [5.74, 6) is 1.52. The van der Waals surface area contributed by atoms with Gasteiger partial charge in [-0.3, -0.25) is 4.79 Å². The number of ether oxygens (including phenoxy) is 2. The molecule has 1 amide bonds. The molecule has 0 saturated carbocycles. The number of nitrogens with zero attached hydrogens (tertiary/aromatic N) is 2. The number of unbranched alkanes of at least 4 members (excludes halogenated alkanes) is 2. The number of nitriles is 1. The molecule has 0 N–H and O–H groups in total. The van der Waals surface area contributed by atoms with Gasteiger partial charge >= 0.3 is 0 Å². The van der Waals surface area contributed by atoms with Gasteiger partial charge in [0, 0.05) is 17.3 Å². The van der Waals surface area contributed by atoms with Crippen LogP contribution >= 0.6 is 0 Å². The number of anilines is 1. The number of hydrogen-bond donors (Lipinski definition) is 0. The fourth-order valence-corrected chi connectivity index (χ4v) is 3.46. The highest BCUT2D eigenvalue weighted by Crippen LogP contribution is 2.21. The molecule has 3 aromatic rings. The van der Waals surface area contributed by atoms with Crippen molar-refractivity contribution in [1.29, 1.82) is 5.26 Å². The van der Waals surface area contributed by atoms with Gasteiger partial charge in [-0.15, -0.1) is 0 Å². The molecule has 0 radical (unpaired) electrons. The second-order valence-corrected chi connectivity index (χ2v) is 8.02. The standard InChI is InChI=1S/C28H30N2O3/c1-22(2)30(25-9-5-3-6-10-25)28(31)24-13-17-27(18-14-24)33-20-8-4-7-19-32-26-15-11-23(21-29)12-16-26/h3,5-6,9-18,22H,4,7-8,19-20H2,1-2H3. The first-order chi connectivity index (χ1) is 16.1. The summed E-state index contributed by atoms with van der Waals surface area (Å²) in [7, 11) is 0. The molecule has 170 valence electrons. The van der Waals surface area contributed by atoms with E-state index in [1.165, 1.54) is 0 Å². The van der Waals surface area contributed by atoms with Crippen molar-refractivity contribution in [3.05, 3.63) is 90.0 Å². The van der Waals surface area contributed by atoms with Gasteiger partial charge in [-0.25, -0.2) is 0 Å². The molecule has 3 aromatic carbocycles. The Morgan fingerprint density at radius 1 is 0.818 bits per heavy atom. The monoisotopic (exact) mass is 442 g/mol. The van der Waals surface area contributed by atoms with Gasteiger partial charge in [0.1, 0.15) is 11.5 Å². The Bertz CT molecular complexity index is 1040. The van der Waals surface area contributed by atoms with Crippen LogP contribution in [-0.4, -0.2) is 25.2 Å². The largest absolute Gasteiger partial charge is 0.494 e. The van der Waals surface area contributed by atoms with Gasteiger partial charge in [0.25, 0.3) is 5.91 Å². The number of carbonyl (C=O) groups excluding carboxylic acids is 1. The molecule has 0 aliphatic rings. The molecule has 0 fully saturated rings. The van der Waals surface area contributed by atoms with E-state index in [0.717, 1.165) is 36.4 Å². The van der Waals surface area contributed by atoms with E-state index in [1.807, 2.05) is 80.6 Å². The van der Waals surface area contributed by atoms with Crippen LogP contribution in [0, 0.1) is 11.3 Å². The van der Waals surface area contributed by atoms with E-state index in [1.54, 1.807) is 17.0 Å². The lowest BCUT2D eigenvalue weighted by Gasteiger charge is -2.27. The second-order valence-electron chi connectivity index (χ2n) is 8.02. The molecule has 5 heteroatoms. The Hall–Kier alpha value is -3.78. The van der Waals surface area contributed by atoms with Crippen LogP contribution in [0.1, 0.15) is 49.0 Å². The fourth-order valence-electron chi connectivity index (χ4n) is 3.46. The Morgan fingerprint density at radius 2 is 1.36 bits per heavy atom. The Kier molecular flexibility index (Phi) is 8.90. The van der Waals surface area contributed by atoms with E-state index in [9.17, 15) is 4.79 Å². The minimum atomic E-state index is -0.0231. The number of hydrogen-bond acceptors (Lipinski definition) is 4. The van der Waals surface area contributed by atoms with E-state index in [2.05, 4.69) is 6.07 Å². The summed E-state index contributed by atoms with van der Waals surface area (Å²) in [4.78, 5) is 14.9. The first-order valence-electron chi connectivity index (χ1n) is 11.3. The first kappa shape index (κ1) is 23.9. The highest BCUT2D eigenvalue weighted by molar-refractivity contribution is 6.06. The third-order valence-electron chi connectivity index (χ3n) is 5.18. The van der Waals surface area contributed by atoms with E-state index in [4.69, 9.17) is 14.7 Å². The quantitative estimate of drug-likeness (QED) is 0.330. The topological polar surface area (TPSA) is 62.6 Å². The van der Waals surface area contributed by atoms with Gasteiger partial charge in [-0.2, -0.15) is 5.26 Å². The van der Waals surface area contributed by atoms with Crippen molar-refractivity contribution in [1.82, 2.24) is 0 Å².